The summed E-state index contributed by atoms with van der Waals surface area (Å²) in [5.41, 5.74) is 0. The molecule has 0 aliphatic heterocycles. The Labute approximate surface area is 369 Å². The number of unbranched alkanes of at least 4 members (excludes halogenated alkanes) is 28. The maximum Gasteiger partial charge on any atom is 0.323 e. The third-order valence-electron chi connectivity index (χ3n) is 12.2. The van der Waals surface area contributed by atoms with Crippen LogP contribution < -0.4 is 5.32 Å². The van der Waals surface area contributed by atoms with E-state index in [1.165, 1.54) is 180 Å². The van der Waals surface area contributed by atoms with Crippen LogP contribution >= 0.6 is 0 Å². The average molecular weight is 830 g/mol. The van der Waals surface area contributed by atoms with E-state index in [0.717, 1.165) is 64.2 Å². The summed E-state index contributed by atoms with van der Waals surface area (Å²) in [6, 6.07) is -0.502. The van der Waals surface area contributed by atoms with E-state index in [0.29, 0.717) is 6.42 Å². The van der Waals surface area contributed by atoms with Gasteiger partial charge in [0.15, 0.2) is 0 Å². The second kappa shape index (κ2) is 47.4. The Morgan fingerprint density at radius 2 is 0.712 bits per heavy atom. The molecule has 0 radical (unpaired) electrons. The largest absolute Gasteiger partial charge is 0.462 e. The van der Waals surface area contributed by atoms with Crippen molar-refractivity contribution in [1.29, 1.82) is 0 Å². The number of esters is 2. The number of rotatable bonds is 47. The van der Waals surface area contributed by atoms with Gasteiger partial charge in [-0.1, -0.05) is 219 Å². The maximum atomic E-state index is 13.5. The second-order valence-electron chi connectivity index (χ2n) is 18.0. The molecule has 3 atom stereocenters. The van der Waals surface area contributed by atoms with Gasteiger partial charge in [-0.3, -0.25) is 9.59 Å². The lowest BCUT2D eigenvalue weighted by atomic mass is 10.0. The topological polar surface area (TPSA) is 64.6 Å². The van der Waals surface area contributed by atoms with Crippen molar-refractivity contribution in [2.45, 2.75) is 303 Å². The highest BCUT2D eigenvalue weighted by Gasteiger charge is 2.24. The van der Waals surface area contributed by atoms with Gasteiger partial charge in [0, 0.05) is 6.42 Å². The van der Waals surface area contributed by atoms with Crippen molar-refractivity contribution in [2.75, 3.05) is 7.05 Å². The Balaban J connectivity index is 4.91. The summed E-state index contributed by atoms with van der Waals surface area (Å²) in [7, 11) is 1.81. The van der Waals surface area contributed by atoms with Gasteiger partial charge in [0.2, 0.25) is 0 Å². The SMILES string of the molecule is CCCCC/C=C\CCC(CCCCCCCCCCCCCC)OC(=O)CC[C@H](NC)C(=O)OC(CC/C=C\CCCCC)CCCCCCCCCCCCCC. The molecule has 2 unspecified atom stereocenters. The fraction of sp³-hybridized carbons (Fsp3) is 0.889. The highest BCUT2D eigenvalue weighted by atomic mass is 16.5. The number of allylic oxidation sites excluding steroid dienone is 4. The lowest BCUT2D eigenvalue weighted by molar-refractivity contribution is -0.153. The highest BCUT2D eigenvalue weighted by Crippen LogP contribution is 2.20. The van der Waals surface area contributed by atoms with Crippen LogP contribution in [0.1, 0.15) is 285 Å². The summed E-state index contributed by atoms with van der Waals surface area (Å²) in [4.78, 5) is 26.7. The second-order valence-corrected chi connectivity index (χ2v) is 18.0. The molecule has 0 aliphatic rings. The van der Waals surface area contributed by atoms with Gasteiger partial charge in [0.25, 0.3) is 0 Å². The van der Waals surface area contributed by atoms with Gasteiger partial charge in [0.1, 0.15) is 18.2 Å². The zero-order valence-corrected chi connectivity index (χ0v) is 40.5. The van der Waals surface area contributed by atoms with Crippen LogP contribution in [0, 0.1) is 0 Å². The summed E-state index contributed by atoms with van der Waals surface area (Å²) in [6.07, 6.45) is 56.7. The Morgan fingerprint density at radius 3 is 1.08 bits per heavy atom. The van der Waals surface area contributed by atoms with Crippen molar-refractivity contribution in [3.05, 3.63) is 24.3 Å². The molecule has 0 aliphatic carbocycles. The molecule has 0 saturated carbocycles. The molecule has 1 N–H and O–H groups in total. The van der Waals surface area contributed by atoms with E-state index in [1.54, 1.807) is 7.05 Å². The van der Waals surface area contributed by atoms with Crippen molar-refractivity contribution in [2.24, 2.45) is 0 Å². The van der Waals surface area contributed by atoms with Crippen LogP contribution in [0.5, 0.6) is 0 Å². The van der Waals surface area contributed by atoms with E-state index < -0.39 is 6.04 Å². The van der Waals surface area contributed by atoms with Crippen LogP contribution in [0.25, 0.3) is 0 Å². The van der Waals surface area contributed by atoms with Crippen LogP contribution in [-0.2, 0) is 19.1 Å². The molecule has 0 saturated heterocycles. The Morgan fingerprint density at radius 1 is 0.390 bits per heavy atom. The average Bonchev–Trinajstić information content (AvgIpc) is 3.23. The Bertz CT molecular complexity index is 931. The van der Waals surface area contributed by atoms with Crippen LogP contribution in [0.2, 0.25) is 0 Å². The third kappa shape index (κ3) is 41.5. The molecule has 0 fully saturated rings. The molecule has 0 rings (SSSR count). The molecule has 0 bridgehead atoms. The number of hydrogen-bond acceptors (Lipinski definition) is 5. The molecule has 5 heteroatoms. The predicted octanol–water partition coefficient (Wildman–Crippen LogP) is 17.2. The minimum Gasteiger partial charge on any atom is -0.462 e. The molecule has 0 heterocycles. The minimum atomic E-state index is -0.502. The van der Waals surface area contributed by atoms with E-state index in [2.05, 4.69) is 57.3 Å². The molecule has 0 spiro atoms. The van der Waals surface area contributed by atoms with Crippen molar-refractivity contribution < 1.29 is 19.1 Å². The number of nitrogens with one attached hydrogen (secondary N) is 1. The standard InChI is InChI=1S/C54H103NO4/c1-6-10-14-18-22-24-26-28-30-34-38-41-45-50(44-40-36-32-20-16-12-8-3)58-53(56)49-48-52(55-5)54(57)59-51(46-42-37-33-21-17-13-9-4)47-43-39-35-31-29-27-25-23-19-15-11-7-2/h32-33,36-37,50-52,55H,6-31,34-35,38-49H2,1-5H3/b36-32-,37-33-/t50?,51?,52-/m0/s1. The van der Waals surface area contributed by atoms with Crippen LogP contribution in [0.15, 0.2) is 24.3 Å². The first-order chi connectivity index (χ1) is 29.0. The lowest BCUT2D eigenvalue weighted by Crippen LogP contribution is -2.38. The third-order valence-corrected chi connectivity index (χ3v) is 12.2. The van der Waals surface area contributed by atoms with Crippen molar-refractivity contribution in [3.63, 3.8) is 0 Å². The van der Waals surface area contributed by atoms with E-state index in [1.807, 2.05) is 0 Å². The Hall–Kier alpha value is -1.62. The van der Waals surface area contributed by atoms with Gasteiger partial charge in [-0.15, -0.1) is 0 Å². The van der Waals surface area contributed by atoms with E-state index >= 15 is 0 Å². The van der Waals surface area contributed by atoms with Crippen LogP contribution in [0.3, 0.4) is 0 Å². The molecule has 0 aromatic rings. The zero-order valence-electron chi connectivity index (χ0n) is 40.5. The number of hydrogen-bond donors (Lipinski definition) is 1. The maximum absolute atomic E-state index is 13.5. The molecule has 5 nitrogen and oxygen atoms in total. The van der Waals surface area contributed by atoms with Gasteiger partial charge >= 0.3 is 11.9 Å². The normalized spacial score (nSPS) is 13.4. The van der Waals surface area contributed by atoms with E-state index in [-0.39, 0.29) is 30.6 Å². The smallest absolute Gasteiger partial charge is 0.323 e. The first-order valence-corrected chi connectivity index (χ1v) is 26.4. The zero-order chi connectivity index (χ0) is 43.1. The first-order valence-electron chi connectivity index (χ1n) is 26.4. The van der Waals surface area contributed by atoms with Crippen molar-refractivity contribution in [3.8, 4) is 0 Å². The number of carbonyl (C=O) groups is 2. The molecule has 348 valence electrons. The summed E-state index contributed by atoms with van der Waals surface area (Å²) in [5, 5.41) is 3.16. The summed E-state index contributed by atoms with van der Waals surface area (Å²) in [5.74, 6) is -0.410. The molecule has 59 heavy (non-hydrogen) atoms. The van der Waals surface area contributed by atoms with Gasteiger partial charge in [-0.2, -0.15) is 0 Å². The predicted molar refractivity (Wildman–Crippen MR) is 258 cm³/mol. The molecule has 0 aromatic carbocycles. The number of likely N-dealkylation sites (N-methyl/N-ethyl adjacent to an activating group) is 1. The van der Waals surface area contributed by atoms with Gasteiger partial charge in [-0.05, 0) is 90.5 Å². The van der Waals surface area contributed by atoms with E-state index in [9.17, 15) is 9.59 Å². The summed E-state index contributed by atoms with van der Waals surface area (Å²) in [6.45, 7) is 9.05. The quantitative estimate of drug-likeness (QED) is 0.0376. The number of carbonyl (C=O) groups excluding carboxylic acids is 2. The van der Waals surface area contributed by atoms with Crippen molar-refractivity contribution >= 4 is 11.9 Å². The summed E-state index contributed by atoms with van der Waals surface area (Å²) < 4.78 is 12.3. The minimum absolute atomic E-state index is 0.0548. The van der Waals surface area contributed by atoms with Gasteiger partial charge < -0.3 is 14.8 Å². The van der Waals surface area contributed by atoms with Crippen LogP contribution in [0.4, 0.5) is 0 Å². The van der Waals surface area contributed by atoms with Crippen molar-refractivity contribution in [1.82, 2.24) is 5.32 Å². The molecular weight excluding hydrogens is 727 g/mol. The molecule has 0 amide bonds. The molecule has 0 aromatic heterocycles. The summed E-state index contributed by atoms with van der Waals surface area (Å²) >= 11 is 0. The molecular formula is C54H103NO4. The van der Waals surface area contributed by atoms with E-state index in [4.69, 9.17) is 9.47 Å². The van der Waals surface area contributed by atoms with Gasteiger partial charge in [0.05, 0.1) is 0 Å². The fourth-order valence-electron chi connectivity index (χ4n) is 8.14. The highest BCUT2D eigenvalue weighted by molar-refractivity contribution is 5.77. The van der Waals surface area contributed by atoms with Crippen LogP contribution in [-0.4, -0.2) is 37.2 Å². The lowest BCUT2D eigenvalue weighted by Gasteiger charge is -2.22. The fourth-order valence-corrected chi connectivity index (χ4v) is 8.14. The Kier molecular flexibility index (Phi) is 46.1. The monoisotopic (exact) mass is 830 g/mol. The van der Waals surface area contributed by atoms with Gasteiger partial charge in [-0.25, -0.2) is 0 Å². The number of ether oxygens (including phenoxy) is 2. The first kappa shape index (κ1) is 57.4.